The van der Waals surface area contributed by atoms with Crippen LogP contribution in [-0.2, 0) is 0 Å². The summed E-state index contributed by atoms with van der Waals surface area (Å²) >= 11 is 0. The van der Waals surface area contributed by atoms with Gasteiger partial charge in [0.15, 0.2) is 0 Å². The topological polar surface area (TPSA) is 74.2 Å². The van der Waals surface area contributed by atoms with Crippen molar-refractivity contribution in [3.8, 4) is 11.8 Å². The normalized spacial score (nSPS) is 9.85. The first-order valence-corrected chi connectivity index (χ1v) is 8.00. The van der Waals surface area contributed by atoms with E-state index in [4.69, 9.17) is 10.00 Å². The Morgan fingerprint density at radius 3 is 1.92 bits per heavy atom. The fourth-order valence-corrected chi connectivity index (χ4v) is 2.38. The van der Waals surface area contributed by atoms with Crippen LogP contribution in [0.4, 0.5) is 17.1 Å². The molecule has 128 valence electrons. The predicted molar refractivity (Wildman–Crippen MR) is 102 cm³/mol. The lowest BCUT2D eigenvalue weighted by Gasteiger charge is -2.09. The molecule has 5 heteroatoms. The van der Waals surface area contributed by atoms with Gasteiger partial charge in [0.1, 0.15) is 5.75 Å². The average molecular weight is 343 g/mol. The smallest absolute Gasteiger partial charge is 0.255 e. The Morgan fingerprint density at radius 2 is 1.38 bits per heavy atom. The molecule has 0 fully saturated rings. The molecule has 0 unspecified atom stereocenters. The summed E-state index contributed by atoms with van der Waals surface area (Å²) in [7, 11) is 1.59. The zero-order chi connectivity index (χ0) is 18.4. The molecule has 0 saturated heterocycles. The molecule has 0 atom stereocenters. The summed E-state index contributed by atoms with van der Waals surface area (Å²) < 4.78 is 5.09. The van der Waals surface area contributed by atoms with E-state index in [1.54, 1.807) is 43.5 Å². The monoisotopic (exact) mass is 343 g/mol. The van der Waals surface area contributed by atoms with E-state index in [9.17, 15) is 4.79 Å². The highest BCUT2D eigenvalue weighted by Gasteiger charge is 2.06. The lowest BCUT2D eigenvalue weighted by molar-refractivity contribution is 0.102. The van der Waals surface area contributed by atoms with Gasteiger partial charge >= 0.3 is 0 Å². The number of nitriles is 1. The van der Waals surface area contributed by atoms with Crippen molar-refractivity contribution in [2.75, 3.05) is 17.7 Å². The molecule has 3 aromatic rings. The molecular weight excluding hydrogens is 326 g/mol. The van der Waals surface area contributed by atoms with Gasteiger partial charge in [-0.3, -0.25) is 4.79 Å². The maximum absolute atomic E-state index is 12.3. The number of anilines is 3. The Morgan fingerprint density at radius 1 is 0.846 bits per heavy atom. The molecule has 0 spiro atoms. The summed E-state index contributed by atoms with van der Waals surface area (Å²) in [5, 5.41) is 14.9. The van der Waals surface area contributed by atoms with Crippen LogP contribution in [0.5, 0.6) is 5.75 Å². The van der Waals surface area contributed by atoms with Crippen LogP contribution >= 0.6 is 0 Å². The number of hydrogen-bond donors (Lipinski definition) is 2. The van der Waals surface area contributed by atoms with E-state index < -0.39 is 0 Å². The van der Waals surface area contributed by atoms with Crippen molar-refractivity contribution in [1.29, 1.82) is 5.26 Å². The molecule has 3 aromatic carbocycles. The molecule has 3 rings (SSSR count). The van der Waals surface area contributed by atoms with Crippen LogP contribution in [0.1, 0.15) is 15.9 Å². The van der Waals surface area contributed by atoms with Crippen molar-refractivity contribution >= 4 is 23.0 Å². The lowest BCUT2D eigenvalue weighted by Crippen LogP contribution is -2.11. The standard InChI is InChI=1S/C21H17N3O2/c1-26-20-12-4-16(5-13-20)21(25)24-19-10-8-18(9-11-19)23-17-6-2-15(14-22)3-7-17/h2-13,23H,1H3,(H,24,25). The minimum atomic E-state index is -0.180. The van der Waals surface area contributed by atoms with E-state index in [0.29, 0.717) is 22.6 Å². The number of methoxy groups -OCH3 is 1. The van der Waals surface area contributed by atoms with Gasteiger partial charge in [-0.05, 0) is 72.8 Å². The van der Waals surface area contributed by atoms with E-state index in [0.717, 1.165) is 11.4 Å². The van der Waals surface area contributed by atoms with Gasteiger partial charge in [0.2, 0.25) is 0 Å². The van der Waals surface area contributed by atoms with Crippen LogP contribution in [-0.4, -0.2) is 13.0 Å². The molecule has 0 saturated carbocycles. The molecule has 5 nitrogen and oxygen atoms in total. The van der Waals surface area contributed by atoms with Gasteiger partial charge < -0.3 is 15.4 Å². The van der Waals surface area contributed by atoms with Crippen molar-refractivity contribution in [2.24, 2.45) is 0 Å². The Bertz CT molecular complexity index is 925. The van der Waals surface area contributed by atoms with Gasteiger partial charge in [-0.15, -0.1) is 0 Å². The lowest BCUT2D eigenvalue weighted by atomic mass is 10.2. The number of nitrogens with zero attached hydrogens (tertiary/aromatic N) is 1. The largest absolute Gasteiger partial charge is 0.497 e. The second kappa shape index (κ2) is 7.86. The Balaban J connectivity index is 1.63. The summed E-state index contributed by atoms with van der Waals surface area (Å²) in [6.07, 6.45) is 0. The summed E-state index contributed by atoms with van der Waals surface area (Å²) in [6.45, 7) is 0. The van der Waals surface area contributed by atoms with E-state index in [-0.39, 0.29) is 5.91 Å². The van der Waals surface area contributed by atoms with Gasteiger partial charge in [0, 0.05) is 22.6 Å². The molecule has 26 heavy (non-hydrogen) atoms. The average Bonchev–Trinajstić information content (AvgIpc) is 2.70. The molecule has 1 amide bonds. The molecule has 0 radical (unpaired) electrons. The molecule has 0 aliphatic carbocycles. The van der Waals surface area contributed by atoms with Crippen LogP contribution in [0.3, 0.4) is 0 Å². The molecule has 0 aliphatic heterocycles. The molecule has 0 heterocycles. The fourth-order valence-electron chi connectivity index (χ4n) is 2.38. The number of nitrogens with one attached hydrogen (secondary N) is 2. The van der Waals surface area contributed by atoms with Gasteiger partial charge in [-0.1, -0.05) is 0 Å². The number of carbonyl (C=O) groups is 1. The van der Waals surface area contributed by atoms with Crippen molar-refractivity contribution in [1.82, 2.24) is 0 Å². The summed E-state index contributed by atoms with van der Waals surface area (Å²) in [6, 6.07) is 23.6. The van der Waals surface area contributed by atoms with Gasteiger partial charge in [0.05, 0.1) is 18.7 Å². The number of rotatable bonds is 5. The third kappa shape index (κ3) is 4.19. The summed E-state index contributed by atoms with van der Waals surface area (Å²) in [5.41, 5.74) is 3.66. The quantitative estimate of drug-likeness (QED) is 0.712. The van der Waals surface area contributed by atoms with E-state index >= 15 is 0 Å². The zero-order valence-electron chi connectivity index (χ0n) is 14.2. The molecule has 2 N–H and O–H groups in total. The zero-order valence-corrected chi connectivity index (χ0v) is 14.2. The highest BCUT2D eigenvalue weighted by atomic mass is 16.5. The van der Waals surface area contributed by atoms with Crippen molar-refractivity contribution in [3.05, 3.63) is 83.9 Å². The number of benzene rings is 3. The van der Waals surface area contributed by atoms with E-state index in [2.05, 4.69) is 16.7 Å². The number of carbonyl (C=O) groups excluding carboxylic acids is 1. The summed E-state index contributed by atoms with van der Waals surface area (Å²) in [4.78, 5) is 12.3. The van der Waals surface area contributed by atoms with Crippen molar-refractivity contribution < 1.29 is 9.53 Å². The third-order valence-corrected chi connectivity index (χ3v) is 3.80. The van der Waals surface area contributed by atoms with Crippen molar-refractivity contribution in [3.63, 3.8) is 0 Å². The Hall–Kier alpha value is -3.78. The highest BCUT2D eigenvalue weighted by Crippen LogP contribution is 2.20. The third-order valence-electron chi connectivity index (χ3n) is 3.80. The van der Waals surface area contributed by atoms with E-state index in [1.165, 1.54) is 0 Å². The van der Waals surface area contributed by atoms with Gasteiger partial charge in [-0.2, -0.15) is 5.26 Å². The first kappa shape index (κ1) is 17.1. The highest BCUT2D eigenvalue weighted by molar-refractivity contribution is 6.04. The predicted octanol–water partition coefficient (Wildman–Crippen LogP) is 4.56. The molecule has 0 aromatic heterocycles. The van der Waals surface area contributed by atoms with E-state index in [1.807, 2.05) is 36.4 Å². The maximum Gasteiger partial charge on any atom is 0.255 e. The summed E-state index contributed by atoms with van der Waals surface area (Å²) in [5.74, 6) is 0.528. The molecule has 0 bridgehead atoms. The number of hydrogen-bond acceptors (Lipinski definition) is 4. The Labute approximate surface area is 151 Å². The van der Waals surface area contributed by atoms with Crippen LogP contribution in [0, 0.1) is 11.3 Å². The van der Waals surface area contributed by atoms with Crippen molar-refractivity contribution in [2.45, 2.75) is 0 Å². The number of amides is 1. The van der Waals surface area contributed by atoms with Gasteiger partial charge in [-0.25, -0.2) is 0 Å². The Kier molecular flexibility index (Phi) is 5.16. The molecule has 0 aliphatic rings. The first-order chi connectivity index (χ1) is 12.7. The SMILES string of the molecule is COc1ccc(C(=O)Nc2ccc(Nc3ccc(C#N)cc3)cc2)cc1. The first-order valence-electron chi connectivity index (χ1n) is 8.00. The van der Waals surface area contributed by atoms with Crippen LogP contribution in [0.15, 0.2) is 72.8 Å². The minimum absolute atomic E-state index is 0.180. The number of ether oxygens (including phenoxy) is 1. The van der Waals surface area contributed by atoms with Crippen LogP contribution < -0.4 is 15.4 Å². The fraction of sp³-hybridized carbons (Fsp3) is 0.0476. The molecular formula is C21H17N3O2. The van der Waals surface area contributed by atoms with Crippen LogP contribution in [0.2, 0.25) is 0 Å². The van der Waals surface area contributed by atoms with Crippen LogP contribution in [0.25, 0.3) is 0 Å². The maximum atomic E-state index is 12.3. The van der Waals surface area contributed by atoms with Gasteiger partial charge in [0.25, 0.3) is 5.91 Å². The second-order valence-corrected chi connectivity index (χ2v) is 5.57. The second-order valence-electron chi connectivity index (χ2n) is 5.57. The minimum Gasteiger partial charge on any atom is -0.497 e.